The summed E-state index contributed by atoms with van der Waals surface area (Å²) in [5.41, 5.74) is 0.809. The second-order valence-electron chi connectivity index (χ2n) is 6.33. The van der Waals surface area contributed by atoms with Gasteiger partial charge in [0.25, 0.3) is 5.56 Å². The van der Waals surface area contributed by atoms with Crippen molar-refractivity contribution < 1.29 is 0 Å². The standard InChI is InChI=1S/C17H23ClN6O/c1-13-5-6-16(25)24(22-13)9-8-23-7-3-2-4-15(23)12-21-17-19-10-14(18)11-20-17/h5-6,10-11,15H,2-4,7-9,12H2,1H3,(H,19,20,21). The van der Waals surface area contributed by atoms with E-state index in [2.05, 4.69) is 25.3 Å². The summed E-state index contributed by atoms with van der Waals surface area (Å²) >= 11 is 5.81. The summed E-state index contributed by atoms with van der Waals surface area (Å²) in [7, 11) is 0. The van der Waals surface area contributed by atoms with Crippen molar-refractivity contribution in [2.75, 3.05) is 25.0 Å². The number of nitrogens with one attached hydrogen (secondary N) is 1. The number of hydrogen-bond donors (Lipinski definition) is 1. The van der Waals surface area contributed by atoms with Crippen molar-refractivity contribution in [1.82, 2.24) is 24.6 Å². The molecule has 2 aromatic heterocycles. The summed E-state index contributed by atoms with van der Waals surface area (Å²) in [5.74, 6) is 0.589. The van der Waals surface area contributed by atoms with Crippen LogP contribution in [0.4, 0.5) is 5.95 Å². The minimum atomic E-state index is -0.0492. The molecule has 0 aromatic carbocycles. The first kappa shape index (κ1) is 17.8. The van der Waals surface area contributed by atoms with E-state index in [1.165, 1.54) is 12.8 Å². The molecule has 7 nitrogen and oxygen atoms in total. The van der Waals surface area contributed by atoms with E-state index < -0.39 is 0 Å². The SMILES string of the molecule is Cc1ccc(=O)n(CCN2CCCCC2CNc2ncc(Cl)cn2)n1. The summed E-state index contributed by atoms with van der Waals surface area (Å²) in [6.07, 6.45) is 6.70. The second-order valence-corrected chi connectivity index (χ2v) is 6.76. The number of piperidine rings is 1. The minimum absolute atomic E-state index is 0.0492. The smallest absolute Gasteiger partial charge is 0.266 e. The Morgan fingerprint density at radius 2 is 2.04 bits per heavy atom. The van der Waals surface area contributed by atoms with Crippen LogP contribution in [0.2, 0.25) is 5.02 Å². The lowest BCUT2D eigenvalue weighted by Gasteiger charge is -2.35. The van der Waals surface area contributed by atoms with Crippen molar-refractivity contribution in [3.05, 3.63) is 45.6 Å². The van der Waals surface area contributed by atoms with Crippen molar-refractivity contribution in [1.29, 1.82) is 0 Å². The van der Waals surface area contributed by atoms with Crippen molar-refractivity contribution in [2.45, 2.75) is 38.8 Å². The van der Waals surface area contributed by atoms with Gasteiger partial charge in [-0.2, -0.15) is 5.10 Å². The molecule has 134 valence electrons. The number of anilines is 1. The number of aryl methyl sites for hydroxylation is 1. The Morgan fingerprint density at radius 3 is 2.84 bits per heavy atom. The highest BCUT2D eigenvalue weighted by molar-refractivity contribution is 6.30. The molecule has 1 unspecified atom stereocenters. The highest BCUT2D eigenvalue weighted by atomic mass is 35.5. The van der Waals surface area contributed by atoms with Gasteiger partial charge in [0.2, 0.25) is 5.95 Å². The lowest BCUT2D eigenvalue weighted by atomic mass is 10.0. The predicted octanol–water partition coefficient (Wildman–Crippen LogP) is 1.96. The molecule has 0 aliphatic carbocycles. The van der Waals surface area contributed by atoms with Crippen LogP contribution in [0.3, 0.4) is 0 Å². The van der Waals surface area contributed by atoms with Crippen molar-refractivity contribution in [3.63, 3.8) is 0 Å². The third-order valence-electron chi connectivity index (χ3n) is 4.46. The minimum Gasteiger partial charge on any atom is -0.353 e. The molecule has 0 amide bonds. The van der Waals surface area contributed by atoms with E-state index in [0.717, 1.165) is 31.7 Å². The van der Waals surface area contributed by atoms with Crippen LogP contribution in [0, 0.1) is 6.92 Å². The average Bonchev–Trinajstić information content (AvgIpc) is 2.63. The van der Waals surface area contributed by atoms with Crippen LogP contribution >= 0.6 is 11.6 Å². The molecule has 3 heterocycles. The fourth-order valence-corrected chi connectivity index (χ4v) is 3.23. The topological polar surface area (TPSA) is 75.9 Å². The van der Waals surface area contributed by atoms with E-state index in [1.54, 1.807) is 29.2 Å². The van der Waals surface area contributed by atoms with Crippen LogP contribution in [0.25, 0.3) is 0 Å². The van der Waals surface area contributed by atoms with E-state index in [-0.39, 0.29) is 5.56 Å². The maximum atomic E-state index is 11.9. The van der Waals surface area contributed by atoms with Gasteiger partial charge in [-0.05, 0) is 32.4 Å². The molecule has 3 rings (SSSR count). The third kappa shape index (κ3) is 4.99. The van der Waals surface area contributed by atoms with Gasteiger partial charge in [0.1, 0.15) is 0 Å². The zero-order valence-corrected chi connectivity index (χ0v) is 15.1. The lowest BCUT2D eigenvalue weighted by molar-refractivity contribution is 0.147. The molecule has 1 atom stereocenters. The Kier molecular flexibility index (Phi) is 5.99. The maximum absolute atomic E-state index is 11.9. The van der Waals surface area contributed by atoms with Gasteiger partial charge < -0.3 is 5.32 Å². The average molecular weight is 363 g/mol. The maximum Gasteiger partial charge on any atom is 0.266 e. The highest BCUT2D eigenvalue weighted by Gasteiger charge is 2.22. The van der Waals surface area contributed by atoms with Gasteiger partial charge >= 0.3 is 0 Å². The van der Waals surface area contributed by atoms with E-state index in [1.807, 2.05) is 6.92 Å². The molecule has 2 aromatic rings. The normalized spacial score (nSPS) is 18.2. The van der Waals surface area contributed by atoms with Crippen molar-refractivity contribution in [3.8, 4) is 0 Å². The molecule has 25 heavy (non-hydrogen) atoms. The van der Waals surface area contributed by atoms with E-state index in [4.69, 9.17) is 11.6 Å². The summed E-state index contributed by atoms with van der Waals surface area (Å²) in [4.78, 5) is 22.7. The van der Waals surface area contributed by atoms with Crippen LogP contribution in [0.5, 0.6) is 0 Å². The van der Waals surface area contributed by atoms with Gasteiger partial charge in [-0.1, -0.05) is 18.0 Å². The van der Waals surface area contributed by atoms with Gasteiger partial charge in [0, 0.05) is 25.2 Å². The molecule has 1 aliphatic heterocycles. The molecular weight excluding hydrogens is 340 g/mol. The molecule has 8 heteroatoms. The van der Waals surface area contributed by atoms with Gasteiger partial charge in [0.05, 0.1) is 29.7 Å². The lowest BCUT2D eigenvalue weighted by Crippen LogP contribution is -2.45. The fraction of sp³-hybridized carbons (Fsp3) is 0.529. The zero-order valence-electron chi connectivity index (χ0n) is 14.4. The first-order chi connectivity index (χ1) is 12.1. The fourth-order valence-electron chi connectivity index (χ4n) is 3.13. The summed E-state index contributed by atoms with van der Waals surface area (Å²) in [5, 5.41) is 8.13. The Hall–Kier alpha value is -1.99. The molecule has 0 radical (unpaired) electrons. The Balaban J connectivity index is 1.57. The molecule has 1 saturated heterocycles. The van der Waals surface area contributed by atoms with Gasteiger partial charge in [-0.15, -0.1) is 0 Å². The van der Waals surface area contributed by atoms with Crippen LogP contribution in [-0.2, 0) is 6.54 Å². The first-order valence-electron chi connectivity index (χ1n) is 8.62. The van der Waals surface area contributed by atoms with Crippen LogP contribution < -0.4 is 10.9 Å². The van der Waals surface area contributed by atoms with Crippen LogP contribution in [-0.4, -0.2) is 50.3 Å². The number of rotatable bonds is 6. The molecular formula is C17H23ClN6O. The van der Waals surface area contributed by atoms with Crippen molar-refractivity contribution >= 4 is 17.5 Å². The van der Waals surface area contributed by atoms with Crippen LogP contribution in [0.15, 0.2) is 29.3 Å². The van der Waals surface area contributed by atoms with E-state index in [9.17, 15) is 4.79 Å². The zero-order chi connectivity index (χ0) is 17.6. The molecule has 0 bridgehead atoms. The number of nitrogens with zero attached hydrogens (tertiary/aromatic N) is 5. The van der Waals surface area contributed by atoms with E-state index >= 15 is 0 Å². The monoisotopic (exact) mass is 362 g/mol. The highest BCUT2D eigenvalue weighted by Crippen LogP contribution is 2.17. The molecule has 0 spiro atoms. The Bertz CT molecular complexity index is 748. The van der Waals surface area contributed by atoms with E-state index in [0.29, 0.717) is 23.6 Å². The molecule has 0 saturated carbocycles. The van der Waals surface area contributed by atoms with Crippen LogP contribution in [0.1, 0.15) is 25.0 Å². The summed E-state index contributed by atoms with van der Waals surface area (Å²) in [6.45, 7) is 5.13. The first-order valence-corrected chi connectivity index (χ1v) is 9.00. The largest absolute Gasteiger partial charge is 0.353 e. The molecule has 1 N–H and O–H groups in total. The molecule has 1 fully saturated rings. The van der Waals surface area contributed by atoms with Gasteiger partial charge in [-0.3, -0.25) is 9.69 Å². The number of aromatic nitrogens is 4. The Labute approximate surface area is 152 Å². The Morgan fingerprint density at radius 1 is 1.24 bits per heavy atom. The van der Waals surface area contributed by atoms with Gasteiger partial charge in [0.15, 0.2) is 0 Å². The molecule has 1 aliphatic rings. The van der Waals surface area contributed by atoms with Gasteiger partial charge in [-0.25, -0.2) is 14.6 Å². The number of hydrogen-bond acceptors (Lipinski definition) is 6. The number of likely N-dealkylation sites (tertiary alicyclic amines) is 1. The van der Waals surface area contributed by atoms with Crippen molar-refractivity contribution in [2.24, 2.45) is 0 Å². The summed E-state index contributed by atoms with van der Waals surface area (Å²) < 4.78 is 1.55. The summed E-state index contributed by atoms with van der Waals surface area (Å²) in [6, 6.07) is 3.72. The number of halogens is 1. The third-order valence-corrected chi connectivity index (χ3v) is 4.66. The quantitative estimate of drug-likeness (QED) is 0.846. The second kappa shape index (κ2) is 8.40. The predicted molar refractivity (Wildman–Crippen MR) is 98.0 cm³/mol.